The van der Waals surface area contributed by atoms with E-state index in [9.17, 15) is 9.59 Å². The first-order valence-electron chi connectivity index (χ1n) is 7.93. The lowest BCUT2D eigenvalue weighted by Crippen LogP contribution is -2.40. The number of nitrogens with zero attached hydrogens (tertiary/aromatic N) is 5. The summed E-state index contributed by atoms with van der Waals surface area (Å²) in [6.45, 7) is 3.37. The van der Waals surface area contributed by atoms with Gasteiger partial charge in [-0.25, -0.2) is 0 Å². The Balaban J connectivity index is 1.98. The summed E-state index contributed by atoms with van der Waals surface area (Å²) in [5.41, 5.74) is -0.261. The Kier molecular flexibility index (Phi) is 6.66. The lowest BCUT2D eigenvalue weighted by molar-refractivity contribution is -0.124. The topological polar surface area (TPSA) is 148 Å². The van der Waals surface area contributed by atoms with Gasteiger partial charge in [0.05, 0.1) is 12.8 Å². The van der Waals surface area contributed by atoms with E-state index in [2.05, 4.69) is 35.9 Å². The van der Waals surface area contributed by atoms with Gasteiger partial charge >= 0.3 is 0 Å². The molecule has 0 unspecified atom stereocenters. The number of rotatable bonds is 7. The maximum atomic E-state index is 12.2. The molecule has 0 radical (unpaired) electrons. The summed E-state index contributed by atoms with van der Waals surface area (Å²) in [6.07, 6.45) is 4.51. The minimum Gasteiger partial charge on any atom is -0.357 e. The van der Waals surface area contributed by atoms with Crippen LogP contribution in [0.5, 0.6) is 0 Å². The van der Waals surface area contributed by atoms with Gasteiger partial charge in [0.25, 0.3) is 5.91 Å². The number of hydrazone groups is 1. The summed E-state index contributed by atoms with van der Waals surface area (Å²) in [5.74, 6) is 4.43. The van der Waals surface area contributed by atoms with Crippen molar-refractivity contribution in [3.8, 4) is 10.6 Å². The Hall–Kier alpha value is -3.21. The molecule has 0 atom stereocenters. The average Bonchev–Trinajstić information content (AvgIpc) is 3.15. The lowest BCUT2D eigenvalue weighted by Gasteiger charge is -2.16. The standard InChI is InChI=1S/C16H20N8O2S/c1-16(2,15(26)18-3)21-8-11(22-17)13(25)20-9-12-23-24-14(27-12)10-4-6-19-7-5-10/h4-8H,9,17H2,1-3H3,(H,18,26)(H,20,25)/b21-8?,22-11+. The Morgan fingerprint density at radius 1 is 1.30 bits per heavy atom. The summed E-state index contributed by atoms with van der Waals surface area (Å²) in [4.78, 5) is 32.0. The maximum absolute atomic E-state index is 12.2. The Bertz CT molecular complexity index is 860. The van der Waals surface area contributed by atoms with E-state index >= 15 is 0 Å². The number of hydrogen-bond donors (Lipinski definition) is 3. The number of pyridine rings is 1. The van der Waals surface area contributed by atoms with Crippen molar-refractivity contribution in [2.24, 2.45) is 15.9 Å². The number of likely N-dealkylation sites (N-methyl/N-ethyl adjacent to an activating group) is 1. The molecule has 0 aromatic carbocycles. The number of carbonyl (C=O) groups is 2. The third-order valence-electron chi connectivity index (χ3n) is 3.46. The molecule has 0 saturated heterocycles. The number of aromatic nitrogens is 3. The quantitative estimate of drug-likeness (QED) is 0.349. The number of hydrogen-bond acceptors (Lipinski definition) is 9. The lowest BCUT2D eigenvalue weighted by atomic mass is 10.1. The zero-order valence-electron chi connectivity index (χ0n) is 15.1. The van der Waals surface area contributed by atoms with E-state index in [1.165, 1.54) is 24.6 Å². The highest BCUT2D eigenvalue weighted by Gasteiger charge is 2.25. The molecule has 142 valence electrons. The fraction of sp³-hybridized carbons (Fsp3) is 0.312. The molecular weight excluding hydrogens is 368 g/mol. The van der Waals surface area contributed by atoms with Gasteiger partial charge in [-0.15, -0.1) is 10.2 Å². The predicted molar refractivity (Wildman–Crippen MR) is 103 cm³/mol. The fourth-order valence-corrected chi connectivity index (χ4v) is 2.71. The highest BCUT2D eigenvalue weighted by molar-refractivity contribution is 7.14. The molecule has 11 heteroatoms. The van der Waals surface area contributed by atoms with E-state index in [1.807, 2.05) is 12.1 Å². The zero-order chi connectivity index (χ0) is 19.9. The number of nitrogens with two attached hydrogens (primary N) is 1. The highest BCUT2D eigenvalue weighted by Crippen LogP contribution is 2.22. The third kappa shape index (κ3) is 5.38. The molecule has 2 rings (SSSR count). The van der Waals surface area contributed by atoms with Crippen LogP contribution in [0.15, 0.2) is 34.6 Å². The molecule has 10 nitrogen and oxygen atoms in total. The van der Waals surface area contributed by atoms with Gasteiger partial charge < -0.3 is 16.5 Å². The SMILES string of the molecule is CNC(=O)C(C)(C)N=C/C(=N\N)C(=O)NCc1nnc(-c2ccncc2)s1. The van der Waals surface area contributed by atoms with Crippen LogP contribution in [0.25, 0.3) is 10.6 Å². The van der Waals surface area contributed by atoms with Gasteiger partial charge in [0, 0.05) is 25.0 Å². The number of amides is 2. The zero-order valence-corrected chi connectivity index (χ0v) is 15.9. The van der Waals surface area contributed by atoms with Crippen LogP contribution in [-0.4, -0.2) is 51.5 Å². The van der Waals surface area contributed by atoms with E-state index in [0.29, 0.717) is 5.01 Å². The molecule has 0 aliphatic carbocycles. The number of aliphatic imine (C=N–C) groups is 1. The molecule has 2 aromatic heterocycles. The molecule has 2 heterocycles. The Labute approximate surface area is 160 Å². The van der Waals surface area contributed by atoms with Crippen LogP contribution in [0.2, 0.25) is 0 Å². The normalized spacial score (nSPS) is 12.2. The van der Waals surface area contributed by atoms with Crippen LogP contribution in [0.3, 0.4) is 0 Å². The molecule has 0 aliphatic rings. The molecule has 0 fully saturated rings. The van der Waals surface area contributed by atoms with Gasteiger partial charge in [0.15, 0.2) is 5.71 Å². The second kappa shape index (κ2) is 8.94. The first-order valence-corrected chi connectivity index (χ1v) is 8.75. The first kappa shape index (κ1) is 20.1. The summed E-state index contributed by atoms with van der Waals surface area (Å²) in [6, 6.07) is 3.65. The third-order valence-corrected chi connectivity index (χ3v) is 4.43. The molecular formula is C16H20N8O2S. The van der Waals surface area contributed by atoms with E-state index in [-0.39, 0.29) is 18.2 Å². The second-order valence-electron chi connectivity index (χ2n) is 5.83. The average molecular weight is 388 g/mol. The molecule has 2 aromatic rings. The molecule has 2 amide bonds. The van der Waals surface area contributed by atoms with Crippen LogP contribution in [0, 0.1) is 0 Å². The van der Waals surface area contributed by atoms with Gasteiger partial charge in [0.2, 0.25) is 5.91 Å². The van der Waals surface area contributed by atoms with E-state index in [4.69, 9.17) is 5.84 Å². The van der Waals surface area contributed by atoms with Gasteiger partial charge in [0.1, 0.15) is 15.6 Å². The van der Waals surface area contributed by atoms with E-state index in [0.717, 1.165) is 10.6 Å². The van der Waals surface area contributed by atoms with Crippen LogP contribution in [0.1, 0.15) is 18.9 Å². The highest BCUT2D eigenvalue weighted by atomic mass is 32.1. The molecule has 27 heavy (non-hydrogen) atoms. The first-order chi connectivity index (χ1) is 12.9. The Morgan fingerprint density at radius 3 is 2.63 bits per heavy atom. The fourth-order valence-electron chi connectivity index (χ4n) is 1.92. The summed E-state index contributed by atoms with van der Waals surface area (Å²) in [7, 11) is 1.51. The van der Waals surface area contributed by atoms with Crippen LogP contribution in [0.4, 0.5) is 0 Å². The summed E-state index contributed by atoms with van der Waals surface area (Å²) in [5, 5.41) is 18.1. The van der Waals surface area contributed by atoms with Gasteiger partial charge in [-0.05, 0) is 26.0 Å². The number of nitrogens with one attached hydrogen (secondary N) is 2. The molecule has 0 saturated carbocycles. The smallest absolute Gasteiger partial charge is 0.273 e. The van der Waals surface area contributed by atoms with Crippen molar-refractivity contribution in [1.29, 1.82) is 0 Å². The van der Waals surface area contributed by atoms with Crippen LogP contribution in [-0.2, 0) is 16.1 Å². The number of carbonyl (C=O) groups excluding carboxylic acids is 2. The van der Waals surface area contributed by atoms with E-state index < -0.39 is 11.4 Å². The molecule has 4 N–H and O–H groups in total. The van der Waals surface area contributed by atoms with Crippen molar-refractivity contribution < 1.29 is 9.59 Å². The maximum Gasteiger partial charge on any atom is 0.273 e. The van der Waals surface area contributed by atoms with Crippen LogP contribution >= 0.6 is 11.3 Å². The van der Waals surface area contributed by atoms with Gasteiger partial charge in [-0.2, -0.15) is 5.10 Å². The van der Waals surface area contributed by atoms with Crippen molar-refractivity contribution in [3.05, 3.63) is 29.5 Å². The van der Waals surface area contributed by atoms with Crippen molar-refractivity contribution in [3.63, 3.8) is 0 Å². The van der Waals surface area contributed by atoms with Gasteiger partial charge in [-0.1, -0.05) is 11.3 Å². The summed E-state index contributed by atoms with van der Waals surface area (Å²) < 4.78 is 0. The minimum absolute atomic E-state index is 0.106. The van der Waals surface area contributed by atoms with Crippen molar-refractivity contribution in [1.82, 2.24) is 25.8 Å². The second-order valence-corrected chi connectivity index (χ2v) is 6.89. The minimum atomic E-state index is -1.05. The van der Waals surface area contributed by atoms with Gasteiger partial charge in [-0.3, -0.25) is 19.6 Å². The van der Waals surface area contributed by atoms with Crippen molar-refractivity contribution in [2.75, 3.05) is 7.05 Å². The van der Waals surface area contributed by atoms with Crippen molar-refractivity contribution >= 4 is 35.1 Å². The summed E-state index contributed by atoms with van der Waals surface area (Å²) >= 11 is 1.35. The van der Waals surface area contributed by atoms with Crippen molar-refractivity contribution in [2.45, 2.75) is 25.9 Å². The Morgan fingerprint density at radius 2 is 2.00 bits per heavy atom. The molecule has 0 aliphatic heterocycles. The van der Waals surface area contributed by atoms with Crippen LogP contribution < -0.4 is 16.5 Å². The molecule has 0 spiro atoms. The molecule has 0 bridgehead atoms. The largest absolute Gasteiger partial charge is 0.357 e. The predicted octanol–water partition coefficient (Wildman–Crippen LogP) is 0.126. The monoisotopic (exact) mass is 388 g/mol. The van der Waals surface area contributed by atoms with E-state index in [1.54, 1.807) is 26.2 Å².